The fourth-order valence-corrected chi connectivity index (χ4v) is 12.8. The molecule has 0 aliphatic heterocycles. The van der Waals surface area contributed by atoms with Crippen LogP contribution >= 0.6 is 0 Å². The number of phenolic OH excluding ortho intramolecular Hbond substituents is 1. The van der Waals surface area contributed by atoms with E-state index in [1.807, 2.05) is 0 Å². The van der Waals surface area contributed by atoms with Crippen LogP contribution in [0.15, 0.2) is 36.4 Å². The van der Waals surface area contributed by atoms with Gasteiger partial charge in [0.05, 0.1) is 13.2 Å². The first-order valence-corrected chi connectivity index (χ1v) is 17.6. The van der Waals surface area contributed by atoms with Gasteiger partial charge in [0.1, 0.15) is 6.10 Å². The summed E-state index contributed by atoms with van der Waals surface area (Å²) in [5.41, 5.74) is 2.38. The molecule has 1 aromatic rings. The lowest BCUT2D eigenvalue weighted by Crippen LogP contribution is -2.68. The molecule has 5 aliphatic carbocycles. The molecule has 5 fully saturated rings. The maximum absolute atomic E-state index is 13.1. The number of hydrogen-bond acceptors (Lipinski definition) is 5. The molecule has 0 heterocycles. The van der Waals surface area contributed by atoms with Crippen LogP contribution in [0, 0.1) is 56.7 Å². The van der Waals surface area contributed by atoms with Crippen molar-refractivity contribution < 1.29 is 24.5 Å². The lowest BCUT2D eigenvalue weighted by Gasteiger charge is -2.73. The van der Waals surface area contributed by atoms with Gasteiger partial charge in [0, 0.05) is 11.5 Å². The van der Waals surface area contributed by atoms with Crippen LogP contribution in [0.3, 0.4) is 0 Å². The van der Waals surface area contributed by atoms with E-state index in [2.05, 4.69) is 55.0 Å². The zero-order chi connectivity index (χ0) is 32.7. The van der Waals surface area contributed by atoms with E-state index < -0.39 is 0 Å². The van der Waals surface area contributed by atoms with Crippen molar-refractivity contribution in [2.24, 2.45) is 56.7 Å². The molecule has 5 aliphatic rings. The van der Waals surface area contributed by atoms with Crippen LogP contribution < -0.4 is 4.74 Å². The first-order valence-electron chi connectivity index (χ1n) is 17.6. The Morgan fingerprint density at radius 2 is 1.64 bits per heavy atom. The Bertz CT molecular complexity index is 1380. The first-order chi connectivity index (χ1) is 21.0. The average molecular weight is 619 g/mol. The molecule has 0 saturated heterocycles. The molecule has 0 unspecified atom stereocenters. The molecule has 1 aromatic carbocycles. The standard InChI is InChI=1S/C40H58O5/c1-24(2)26-16-19-38(6)32(42)23-40(8)27(35(26)38)12-14-31-37(5)20-18-33(36(3,4)30(37)17-21-39(31,40)7)45-34(43)15-11-25-10-13-28(41)29(22-25)44-9/h10-11,13,15,22,26-27,30-33,35,41-42H,1,12,14,16-21,23H2,2-9H3/b15-11-/t26-,27+,30-,31+,32-,33+,35+,37-,38+,39+,40+/m0/s1. The number of methoxy groups -OCH3 is 1. The molecule has 5 saturated carbocycles. The molecule has 0 bridgehead atoms. The van der Waals surface area contributed by atoms with Crippen molar-refractivity contribution in [2.45, 2.75) is 118 Å². The van der Waals surface area contributed by atoms with Crippen LogP contribution in [0.25, 0.3) is 6.08 Å². The summed E-state index contributed by atoms with van der Waals surface area (Å²) in [6, 6.07) is 5.03. The highest BCUT2D eigenvalue weighted by Gasteiger charge is 2.72. The van der Waals surface area contributed by atoms with E-state index in [0.717, 1.165) is 37.7 Å². The number of aromatic hydroxyl groups is 1. The van der Waals surface area contributed by atoms with Crippen LogP contribution in [0.4, 0.5) is 0 Å². The zero-order valence-electron chi connectivity index (χ0n) is 29.1. The maximum atomic E-state index is 13.1. The summed E-state index contributed by atoms with van der Waals surface area (Å²) >= 11 is 0. The number of carbonyl (C=O) groups is 1. The second kappa shape index (κ2) is 10.9. The number of ether oxygens (including phenoxy) is 2. The molecule has 0 aromatic heterocycles. The SMILES string of the molecule is C=C(C)[C@@H]1CC[C@@]2(C)[C@H]1[C@H]1CC[C@@H]3[C@@]4(C)CC[C@@H](OC(=O)/C=C\c5ccc(O)c(OC)c5)C(C)(C)[C@@H]4CC[C@@]3(C)[C@]1(C)C[C@@H]2O. The van der Waals surface area contributed by atoms with Gasteiger partial charge in [0.2, 0.25) is 0 Å². The van der Waals surface area contributed by atoms with Gasteiger partial charge in [-0.2, -0.15) is 0 Å². The van der Waals surface area contributed by atoms with E-state index in [1.165, 1.54) is 44.4 Å². The van der Waals surface area contributed by atoms with Crippen molar-refractivity contribution in [3.05, 3.63) is 42.0 Å². The molecule has 5 heteroatoms. The third kappa shape index (κ3) is 4.67. The minimum absolute atomic E-state index is 0.00478. The summed E-state index contributed by atoms with van der Waals surface area (Å²) in [5.74, 6) is 2.86. The van der Waals surface area contributed by atoms with E-state index >= 15 is 0 Å². The molecule has 0 amide bonds. The van der Waals surface area contributed by atoms with Gasteiger partial charge in [0.15, 0.2) is 11.5 Å². The normalized spacial score (nSPS) is 45.1. The topological polar surface area (TPSA) is 76.0 Å². The average Bonchev–Trinajstić information content (AvgIpc) is 3.34. The molecule has 45 heavy (non-hydrogen) atoms. The minimum atomic E-state index is -0.319. The van der Waals surface area contributed by atoms with Gasteiger partial charge in [0.25, 0.3) is 0 Å². The van der Waals surface area contributed by atoms with Crippen molar-refractivity contribution in [3.63, 3.8) is 0 Å². The number of aliphatic hydroxyl groups is 1. The summed E-state index contributed by atoms with van der Waals surface area (Å²) < 4.78 is 11.4. The lowest BCUT2D eigenvalue weighted by molar-refractivity contribution is -0.262. The number of benzene rings is 1. The number of aliphatic hydroxyl groups excluding tert-OH is 1. The predicted octanol–water partition coefficient (Wildman–Crippen LogP) is 8.97. The van der Waals surface area contributed by atoms with Crippen molar-refractivity contribution in [2.75, 3.05) is 7.11 Å². The Balaban J connectivity index is 1.23. The van der Waals surface area contributed by atoms with Crippen molar-refractivity contribution in [1.82, 2.24) is 0 Å². The highest BCUT2D eigenvalue weighted by molar-refractivity contribution is 5.87. The number of allylic oxidation sites excluding steroid dienone is 1. The van der Waals surface area contributed by atoms with Crippen LogP contribution in [0.5, 0.6) is 11.5 Å². The molecule has 0 radical (unpaired) electrons. The van der Waals surface area contributed by atoms with Gasteiger partial charge in [-0.1, -0.05) is 59.8 Å². The molecule has 5 nitrogen and oxygen atoms in total. The van der Waals surface area contributed by atoms with E-state index in [0.29, 0.717) is 35.3 Å². The number of rotatable bonds is 5. The highest BCUT2D eigenvalue weighted by Crippen LogP contribution is 2.77. The van der Waals surface area contributed by atoms with E-state index in [1.54, 1.807) is 24.3 Å². The number of esters is 1. The monoisotopic (exact) mass is 618 g/mol. The van der Waals surface area contributed by atoms with Gasteiger partial charge in [-0.3, -0.25) is 0 Å². The summed E-state index contributed by atoms with van der Waals surface area (Å²) in [7, 11) is 1.51. The van der Waals surface area contributed by atoms with E-state index in [-0.39, 0.29) is 51.0 Å². The van der Waals surface area contributed by atoms with Gasteiger partial charge >= 0.3 is 5.97 Å². The zero-order valence-corrected chi connectivity index (χ0v) is 29.1. The molecular weight excluding hydrogens is 560 g/mol. The quantitative estimate of drug-likeness (QED) is 0.196. The molecule has 0 spiro atoms. The molecule has 11 atom stereocenters. The van der Waals surface area contributed by atoms with Crippen molar-refractivity contribution in [1.29, 1.82) is 0 Å². The Hall–Kier alpha value is -2.27. The molecular formula is C40H58O5. The molecule has 248 valence electrons. The minimum Gasteiger partial charge on any atom is -0.504 e. The smallest absolute Gasteiger partial charge is 0.331 e. The summed E-state index contributed by atoms with van der Waals surface area (Å²) in [6.07, 6.45) is 12.8. The summed E-state index contributed by atoms with van der Waals surface area (Å²) in [5, 5.41) is 21.8. The maximum Gasteiger partial charge on any atom is 0.331 e. The van der Waals surface area contributed by atoms with Crippen LogP contribution in [0.2, 0.25) is 0 Å². The Morgan fingerprint density at radius 3 is 2.33 bits per heavy atom. The largest absolute Gasteiger partial charge is 0.504 e. The first kappa shape index (κ1) is 32.7. The highest BCUT2D eigenvalue weighted by atomic mass is 16.5. The number of fused-ring (bicyclic) bond motifs is 7. The Labute approximate surface area is 271 Å². The van der Waals surface area contributed by atoms with E-state index in [4.69, 9.17) is 9.47 Å². The fourth-order valence-electron chi connectivity index (χ4n) is 12.8. The second-order valence-corrected chi connectivity index (χ2v) is 17.5. The second-order valence-electron chi connectivity index (χ2n) is 17.5. The summed E-state index contributed by atoms with van der Waals surface area (Å²) in [6.45, 7) is 21.5. The summed E-state index contributed by atoms with van der Waals surface area (Å²) in [4.78, 5) is 13.1. The fraction of sp³-hybridized carbons (Fsp3) is 0.725. The third-order valence-electron chi connectivity index (χ3n) is 15.4. The van der Waals surface area contributed by atoms with Gasteiger partial charge < -0.3 is 19.7 Å². The van der Waals surface area contributed by atoms with Crippen LogP contribution in [0.1, 0.15) is 112 Å². The number of phenols is 1. The molecule has 6 rings (SSSR count). The van der Waals surface area contributed by atoms with Gasteiger partial charge in [-0.05, 0) is 140 Å². The molecule has 2 N–H and O–H groups in total. The van der Waals surface area contributed by atoms with Gasteiger partial charge in [-0.25, -0.2) is 4.79 Å². The van der Waals surface area contributed by atoms with Crippen molar-refractivity contribution in [3.8, 4) is 11.5 Å². The number of hydrogen-bond donors (Lipinski definition) is 2. The van der Waals surface area contributed by atoms with Crippen LogP contribution in [-0.4, -0.2) is 35.5 Å². The Morgan fingerprint density at radius 1 is 0.933 bits per heavy atom. The lowest BCUT2D eigenvalue weighted by atomic mass is 9.32. The van der Waals surface area contributed by atoms with Crippen molar-refractivity contribution >= 4 is 12.0 Å². The van der Waals surface area contributed by atoms with Crippen LogP contribution in [-0.2, 0) is 9.53 Å². The Kier molecular flexibility index (Phi) is 7.90. The number of carbonyl (C=O) groups excluding carboxylic acids is 1. The predicted molar refractivity (Wildman–Crippen MR) is 180 cm³/mol. The van der Waals surface area contributed by atoms with E-state index in [9.17, 15) is 15.0 Å². The van der Waals surface area contributed by atoms with Gasteiger partial charge in [-0.15, -0.1) is 0 Å². The third-order valence-corrected chi connectivity index (χ3v) is 15.4.